The third-order valence-electron chi connectivity index (χ3n) is 4.72. The van der Waals surface area contributed by atoms with Crippen molar-refractivity contribution in [2.45, 2.75) is 26.9 Å². The second-order valence-electron chi connectivity index (χ2n) is 7.13. The quantitative estimate of drug-likeness (QED) is 0.389. The molecule has 0 radical (unpaired) electrons. The number of carbonyl (C=O) groups is 1. The second-order valence-corrected chi connectivity index (χ2v) is 9.25. The van der Waals surface area contributed by atoms with Crippen LogP contribution in [0.1, 0.15) is 31.6 Å². The maximum atomic E-state index is 12.5. The maximum absolute atomic E-state index is 12.5. The predicted molar refractivity (Wildman–Crippen MR) is 126 cm³/mol. The minimum atomic E-state index is -0.107. The molecule has 1 N–H and O–H groups in total. The molecule has 5 nitrogen and oxygen atoms in total. The van der Waals surface area contributed by atoms with Crippen LogP contribution in [0.2, 0.25) is 0 Å². The molecule has 2 heterocycles. The Hall–Kier alpha value is -3.03. The van der Waals surface area contributed by atoms with Gasteiger partial charge < -0.3 is 10.1 Å². The molecule has 31 heavy (non-hydrogen) atoms. The van der Waals surface area contributed by atoms with Crippen LogP contribution in [0.4, 0.5) is 0 Å². The smallest absolute Gasteiger partial charge is 0.251 e. The van der Waals surface area contributed by atoms with Gasteiger partial charge in [-0.25, -0.2) is 9.97 Å². The van der Waals surface area contributed by atoms with Crippen LogP contribution in [-0.4, -0.2) is 22.4 Å². The lowest BCUT2D eigenvalue weighted by Crippen LogP contribution is -2.25. The van der Waals surface area contributed by atoms with Crippen LogP contribution in [0.3, 0.4) is 0 Å². The van der Waals surface area contributed by atoms with Gasteiger partial charge in [-0.1, -0.05) is 30.3 Å². The Labute approximate surface area is 189 Å². The fourth-order valence-electron chi connectivity index (χ4n) is 3.12. The first kappa shape index (κ1) is 21.2. The molecule has 0 bridgehead atoms. The number of rotatable bonds is 8. The number of aromatic nitrogens is 2. The van der Waals surface area contributed by atoms with Crippen LogP contribution in [0, 0.1) is 13.8 Å². The fourth-order valence-corrected chi connectivity index (χ4v) is 4.34. The van der Waals surface area contributed by atoms with Crippen molar-refractivity contribution in [1.82, 2.24) is 15.3 Å². The molecule has 1 amide bonds. The molecule has 0 spiro atoms. The molecule has 4 aromatic rings. The summed E-state index contributed by atoms with van der Waals surface area (Å²) in [6, 6.07) is 15.6. The number of nitrogens with one attached hydrogen (secondary N) is 1. The van der Waals surface area contributed by atoms with E-state index >= 15 is 0 Å². The highest BCUT2D eigenvalue weighted by molar-refractivity contribution is 7.10. The number of thiazole rings is 2. The summed E-state index contributed by atoms with van der Waals surface area (Å²) in [5.41, 5.74) is 4.78. The second kappa shape index (κ2) is 9.85. The van der Waals surface area contributed by atoms with Crippen molar-refractivity contribution in [3.63, 3.8) is 0 Å². The van der Waals surface area contributed by atoms with Crippen molar-refractivity contribution in [3.8, 4) is 17.0 Å². The van der Waals surface area contributed by atoms with Gasteiger partial charge in [0.05, 0.1) is 21.4 Å². The van der Waals surface area contributed by atoms with Crippen molar-refractivity contribution in [2.24, 2.45) is 0 Å². The number of ether oxygens (including phenoxy) is 1. The number of hydrogen-bond acceptors (Lipinski definition) is 6. The molecule has 158 valence electrons. The summed E-state index contributed by atoms with van der Waals surface area (Å²) in [7, 11) is 0. The highest BCUT2D eigenvalue weighted by Crippen LogP contribution is 2.22. The van der Waals surface area contributed by atoms with E-state index in [-0.39, 0.29) is 5.91 Å². The van der Waals surface area contributed by atoms with Crippen molar-refractivity contribution in [2.75, 3.05) is 6.54 Å². The summed E-state index contributed by atoms with van der Waals surface area (Å²) in [4.78, 5) is 21.4. The van der Waals surface area contributed by atoms with Gasteiger partial charge in [0.2, 0.25) is 0 Å². The van der Waals surface area contributed by atoms with Crippen LogP contribution in [0.5, 0.6) is 5.75 Å². The van der Waals surface area contributed by atoms with E-state index in [4.69, 9.17) is 4.74 Å². The Morgan fingerprint density at radius 2 is 1.77 bits per heavy atom. The van der Waals surface area contributed by atoms with Crippen molar-refractivity contribution >= 4 is 28.6 Å². The summed E-state index contributed by atoms with van der Waals surface area (Å²) in [5.74, 6) is 0.552. The van der Waals surface area contributed by atoms with E-state index in [2.05, 4.69) is 44.9 Å². The van der Waals surface area contributed by atoms with Gasteiger partial charge in [0.1, 0.15) is 12.4 Å². The van der Waals surface area contributed by atoms with Gasteiger partial charge in [0.25, 0.3) is 5.91 Å². The highest BCUT2D eigenvalue weighted by Gasteiger charge is 2.08. The molecule has 0 aliphatic heterocycles. The zero-order chi connectivity index (χ0) is 21.6. The number of hydrogen-bond donors (Lipinski definition) is 1. The maximum Gasteiger partial charge on any atom is 0.251 e. The predicted octanol–water partition coefficient (Wildman–Crippen LogP) is 5.43. The van der Waals surface area contributed by atoms with Gasteiger partial charge in [-0.15, -0.1) is 22.7 Å². The highest BCUT2D eigenvalue weighted by atomic mass is 32.1. The molecule has 7 heteroatoms. The SMILES string of the molecule is Cc1nc(COc2cccc(C(=O)NCCc3ccc(-c4csc(C)n4)cc3)c2)cs1. The van der Waals surface area contributed by atoms with Crippen LogP contribution in [-0.2, 0) is 13.0 Å². The number of carbonyl (C=O) groups excluding carboxylic acids is 1. The lowest BCUT2D eigenvalue weighted by molar-refractivity contribution is 0.0953. The monoisotopic (exact) mass is 449 g/mol. The lowest BCUT2D eigenvalue weighted by atomic mass is 10.1. The van der Waals surface area contributed by atoms with Crippen LogP contribution < -0.4 is 10.1 Å². The van der Waals surface area contributed by atoms with Gasteiger partial charge >= 0.3 is 0 Å². The normalized spacial score (nSPS) is 10.8. The van der Waals surface area contributed by atoms with Gasteiger partial charge in [-0.05, 0) is 44.0 Å². The molecule has 0 aliphatic rings. The molecule has 0 unspecified atom stereocenters. The average molecular weight is 450 g/mol. The third-order valence-corrected chi connectivity index (χ3v) is 6.31. The number of nitrogens with zero attached hydrogens (tertiary/aromatic N) is 2. The molecule has 0 aliphatic carbocycles. The Bertz CT molecular complexity index is 1170. The van der Waals surface area contributed by atoms with Gasteiger partial charge in [0, 0.05) is 28.4 Å². The van der Waals surface area contributed by atoms with Crippen molar-refractivity contribution in [1.29, 1.82) is 0 Å². The van der Waals surface area contributed by atoms with Gasteiger partial charge in [-0.3, -0.25) is 4.79 Å². The molecule has 2 aromatic carbocycles. The van der Waals surface area contributed by atoms with Crippen LogP contribution in [0.15, 0.2) is 59.3 Å². The molecular formula is C24H23N3O2S2. The number of aryl methyl sites for hydroxylation is 2. The molecule has 0 atom stereocenters. The first-order valence-electron chi connectivity index (χ1n) is 10.0. The fraction of sp³-hybridized carbons (Fsp3) is 0.208. The van der Waals surface area contributed by atoms with E-state index in [1.165, 1.54) is 5.56 Å². The van der Waals surface area contributed by atoms with Gasteiger partial charge in [-0.2, -0.15) is 0 Å². The van der Waals surface area contributed by atoms with E-state index in [9.17, 15) is 4.79 Å². The molecule has 0 fully saturated rings. The minimum absolute atomic E-state index is 0.107. The summed E-state index contributed by atoms with van der Waals surface area (Å²) in [6.07, 6.45) is 0.765. The lowest BCUT2D eigenvalue weighted by Gasteiger charge is -2.08. The largest absolute Gasteiger partial charge is 0.487 e. The Morgan fingerprint density at radius 3 is 2.48 bits per heavy atom. The van der Waals surface area contributed by atoms with E-state index in [0.29, 0.717) is 24.5 Å². The zero-order valence-electron chi connectivity index (χ0n) is 17.4. The first-order chi connectivity index (χ1) is 15.1. The van der Waals surface area contributed by atoms with Crippen LogP contribution in [0.25, 0.3) is 11.3 Å². The summed E-state index contributed by atoms with van der Waals surface area (Å²) >= 11 is 3.25. The van der Waals surface area contributed by atoms with E-state index in [1.54, 1.807) is 34.8 Å². The van der Waals surface area contributed by atoms with Crippen molar-refractivity contribution in [3.05, 3.63) is 86.1 Å². The van der Waals surface area contributed by atoms with E-state index in [1.807, 2.05) is 31.4 Å². The summed E-state index contributed by atoms with van der Waals surface area (Å²) in [5, 5.41) is 9.12. The van der Waals surface area contributed by atoms with Crippen molar-refractivity contribution < 1.29 is 9.53 Å². The summed E-state index contributed by atoms with van der Waals surface area (Å²) < 4.78 is 5.78. The van der Waals surface area contributed by atoms with Gasteiger partial charge in [0.15, 0.2) is 0 Å². The third kappa shape index (κ3) is 5.77. The Kier molecular flexibility index (Phi) is 6.74. The minimum Gasteiger partial charge on any atom is -0.487 e. The van der Waals surface area contributed by atoms with Crippen LogP contribution >= 0.6 is 22.7 Å². The number of benzene rings is 2. The topological polar surface area (TPSA) is 64.1 Å². The standard InChI is InChI=1S/C24H23N3O2S2/c1-16-26-21(14-30-16)13-29-22-5-3-4-20(12-22)24(28)25-11-10-18-6-8-19(9-7-18)23-15-31-17(2)27-23/h3-9,12,14-15H,10-11,13H2,1-2H3,(H,25,28). The number of amides is 1. The summed E-state index contributed by atoms with van der Waals surface area (Å²) in [6.45, 7) is 4.94. The average Bonchev–Trinajstić information content (AvgIpc) is 3.41. The zero-order valence-corrected chi connectivity index (χ0v) is 19.1. The molecule has 0 saturated heterocycles. The Morgan fingerprint density at radius 1 is 1.00 bits per heavy atom. The molecular weight excluding hydrogens is 426 g/mol. The Balaban J connectivity index is 1.27. The van der Waals surface area contributed by atoms with E-state index in [0.717, 1.165) is 33.4 Å². The molecule has 4 rings (SSSR count). The molecule has 0 saturated carbocycles. The first-order valence-corrected chi connectivity index (χ1v) is 11.8. The van der Waals surface area contributed by atoms with E-state index < -0.39 is 0 Å². The molecule has 2 aromatic heterocycles.